The predicted molar refractivity (Wildman–Crippen MR) is 17.3 cm³/mol. The number of hydrogen-bond donors (Lipinski definition) is 0. The zero-order valence-electron chi connectivity index (χ0n) is 2.05. The molecule has 0 amide bonds. The fraction of sp³-hybridized carbons (Fsp3) is 0. The molecule has 0 saturated heterocycles. The van der Waals surface area contributed by atoms with Crippen LogP contribution in [0.1, 0.15) is 0 Å². The SMILES string of the molecule is [Bi].[Bi].[Sr].[Ta]. The van der Waals surface area contributed by atoms with Gasteiger partial charge in [0.2, 0.25) is 0 Å². The standard InChI is InChI=1S/2Bi.Sr.Ta. The Morgan fingerprint density at radius 2 is 0.750 bits per heavy atom. The Kier molecular flexibility index (Phi) is 96.6. The van der Waals surface area contributed by atoms with Crippen LogP contribution in [0, 0.1) is 0 Å². The zero-order chi connectivity index (χ0) is 0. The van der Waals surface area contributed by atoms with Crippen LogP contribution in [-0.2, 0) is 22.4 Å². The van der Waals surface area contributed by atoms with Crippen LogP contribution in [0.3, 0.4) is 0 Å². The summed E-state index contributed by atoms with van der Waals surface area (Å²) >= 11 is 0. The largest absolute Gasteiger partial charge is 0 e. The summed E-state index contributed by atoms with van der Waals surface area (Å²) < 4.78 is 0. The van der Waals surface area contributed by atoms with Crippen molar-refractivity contribution in [2.45, 2.75) is 0 Å². The maximum Gasteiger partial charge on any atom is 0 e. The van der Waals surface area contributed by atoms with E-state index in [1.165, 1.54) is 0 Å². The van der Waals surface area contributed by atoms with Crippen molar-refractivity contribution < 1.29 is 22.4 Å². The molecule has 0 aromatic carbocycles. The van der Waals surface area contributed by atoms with Gasteiger partial charge in [0.1, 0.15) is 0 Å². The Hall–Kier alpha value is 3.99. The second kappa shape index (κ2) is 15.8. The molecule has 0 aliphatic rings. The van der Waals surface area contributed by atoms with Crippen LogP contribution in [0.15, 0.2) is 0 Å². The quantitative estimate of drug-likeness (QED) is 0.283. The average Bonchev–Trinajstić information content (AvgIpc) is 0. The van der Waals surface area contributed by atoms with Gasteiger partial charge in [-0.2, -0.15) is 0 Å². The molecular formula is Bi2SrTa. The molecule has 0 nitrogen and oxygen atoms in total. The topological polar surface area (TPSA) is 0 Å². The van der Waals surface area contributed by atoms with Gasteiger partial charge in [-0.3, -0.25) is 0 Å². The summed E-state index contributed by atoms with van der Waals surface area (Å²) in [6.45, 7) is 0. The van der Waals surface area contributed by atoms with Crippen molar-refractivity contribution in [1.29, 1.82) is 0 Å². The van der Waals surface area contributed by atoms with Crippen molar-refractivity contribution in [1.82, 2.24) is 0 Å². The minimum atomic E-state index is 0. The fourth-order valence-corrected chi connectivity index (χ4v) is 0. The molecule has 0 aliphatic heterocycles. The predicted octanol–water partition coefficient (Wildman–Crippen LogP) is -1.14. The van der Waals surface area contributed by atoms with Crippen LogP contribution in [0.5, 0.6) is 0 Å². The van der Waals surface area contributed by atoms with Crippen molar-refractivity contribution >= 4 is 97.9 Å². The van der Waals surface area contributed by atoms with Crippen molar-refractivity contribution in [3.05, 3.63) is 0 Å². The van der Waals surface area contributed by atoms with Crippen LogP contribution < -0.4 is 0 Å². The first-order chi connectivity index (χ1) is 0. The zero-order valence-corrected chi connectivity index (χ0v) is 15.7. The average molecular weight is 687 g/mol. The summed E-state index contributed by atoms with van der Waals surface area (Å²) in [6, 6.07) is 0. The van der Waals surface area contributed by atoms with E-state index in [9.17, 15) is 0 Å². The number of rotatable bonds is 0. The molecule has 0 atom stereocenters. The minimum Gasteiger partial charge on any atom is 0 e. The van der Waals surface area contributed by atoms with Crippen LogP contribution in [0.4, 0.5) is 0 Å². The van der Waals surface area contributed by atoms with Crippen molar-refractivity contribution in [2.24, 2.45) is 0 Å². The summed E-state index contributed by atoms with van der Waals surface area (Å²) in [5, 5.41) is 0. The van der Waals surface area contributed by atoms with Crippen LogP contribution in [0.25, 0.3) is 0 Å². The third kappa shape index (κ3) is 9.37. The van der Waals surface area contributed by atoms with E-state index in [-0.39, 0.29) is 120 Å². The Morgan fingerprint density at radius 3 is 0.750 bits per heavy atom. The van der Waals surface area contributed by atoms with Gasteiger partial charge in [-0.25, -0.2) is 0 Å². The Bertz CT molecular complexity index is 6.00. The molecule has 0 bridgehead atoms. The Labute approximate surface area is 117 Å². The molecule has 0 rings (SSSR count). The molecule has 0 fully saturated rings. The molecule has 4 heavy (non-hydrogen) atoms. The van der Waals surface area contributed by atoms with Crippen LogP contribution in [0.2, 0.25) is 0 Å². The first-order valence-electron chi connectivity index (χ1n) is 0. The first kappa shape index (κ1) is 24.5. The molecule has 0 heterocycles. The van der Waals surface area contributed by atoms with E-state index < -0.39 is 0 Å². The van der Waals surface area contributed by atoms with E-state index in [4.69, 9.17) is 0 Å². The van der Waals surface area contributed by atoms with Crippen molar-refractivity contribution in [3.8, 4) is 0 Å². The maximum absolute atomic E-state index is 0. The Balaban J connectivity index is 0. The van der Waals surface area contributed by atoms with Gasteiger partial charge in [0, 0.05) is 120 Å². The molecule has 9 radical (unpaired) electrons. The molecule has 0 N–H and O–H groups in total. The van der Waals surface area contributed by atoms with Gasteiger partial charge in [0.15, 0.2) is 0 Å². The van der Waals surface area contributed by atoms with E-state index in [2.05, 4.69) is 0 Å². The van der Waals surface area contributed by atoms with Gasteiger partial charge < -0.3 is 0 Å². The third-order valence-electron chi connectivity index (χ3n) is 0. The summed E-state index contributed by atoms with van der Waals surface area (Å²) in [4.78, 5) is 0. The molecule has 0 aromatic heterocycles. The van der Waals surface area contributed by atoms with E-state index in [0.29, 0.717) is 0 Å². The molecular weight excluding hydrogens is 687 g/mol. The summed E-state index contributed by atoms with van der Waals surface area (Å²) in [7, 11) is 0. The fourth-order valence-electron chi connectivity index (χ4n) is 0. The smallest absolute Gasteiger partial charge is 0 e. The van der Waals surface area contributed by atoms with Gasteiger partial charge in [-0.05, 0) is 0 Å². The molecule has 0 aliphatic carbocycles. The third-order valence-corrected chi connectivity index (χ3v) is 0. The van der Waals surface area contributed by atoms with Crippen LogP contribution in [-0.4, -0.2) is 97.9 Å². The van der Waals surface area contributed by atoms with Gasteiger partial charge in [0.05, 0.1) is 0 Å². The number of hydrogen-bond acceptors (Lipinski definition) is 0. The van der Waals surface area contributed by atoms with Crippen LogP contribution >= 0.6 is 0 Å². The molecule has 0 aromatic rings. The summed E-state index contributed by atoms with van der Waals surface area (Å²) in [5.74, 6) is 0. The summed E-state index contributed by atoms with van der Waals surface area (Å²) in [6.07, 6.45) is 0. The van der Waals surface area contributed by atoms with E-state index in [1.54, 1.807) is 0 Å². The molecule has 4 heteroatoms. The van der Waals surface area contributed by atoms with Crippen molar-refractivity contribution in [3.63, 3.8) is 0 Å². The van der Waals surface area contributed by atoms with Gasteiger partial charge in [-0.15, -0.1) is 0 Å². The second-order valence-electron chi connectivity index (χ2n) is 0. The van der Waals surface area contributed by atoms with E-state index >= 15 is 0 Å². The van der Waals surface area contributed by atoms with E-state index in [1.807, 2.05) is 0 Å². The molecule has 17 valence electrons. The second-order valence-corrected chi connectivity index (χ2v) is 0. The minimum absolute atomic E-state index is 0. The molecule has 0 spiro atoms. The van der Waals surface area contributed by atoms with Gasteiger partial charge >= 0.3 is 0 Å². The first-order valence-corrected chi connectivity index (χ1v) is 0. The van der Waals surface area contributed by atoms with Crippen molar-refractivity contribution in [2.75, 3.05) is 0 Å². The molecule has 0 saturated carbocycles. The molecule has 0 unspecified atom stereocenters. The maximum atomic E-state index is 0. The van der Waals surface area contributed by atoms with Gasteiger partial charge in [-0.1, -0.05) is 0 Å². The Morgan fingerprint density at radius 1 is 0.750 bits per heavy atom. The monoisotopic (exact) mass is 687 g/mol. The van der Waals surface area contributed by atoms with E-state index in [0.717, 1.165) is 0 Å². The van der Waals surface area contributed by atoms with Gasteiger partial charge in [0.25, 0.3) is 0 Å². The normalized spacial score (nSPS) is 0. The summed E-state index contributed by atoms with van der Waals surface area (Å²) in [5.41, 5.74) is 0.